The largest absolute Gasteiger partial charge is 0.351 e. The summed E-state index contributed by atoms with van der Waals surface area (Å²) in [6.07, 6.45) is 0. The SMILES string of the molecule is CN1CCN(CCNC(=O)c2ccc(CN)cc2)CC1.Cl.Cl.Cl. The van der Waals surface area contributed by atoms with Crippen LogP contribution in [0.2, 0.25) is 0 Å². The van der Waals surface area contributed by atoms with Crippen LogP contribution in [0.25, 0.3) is 0 Å². The lowest BCUT2D eigenvalue weighted by atomic mass is 10.1. The Hall–Kier alpha value is -0.560. The number of hydrogen-bond acceptors (Lipinski definition) is 4. The summed E-state index contributed by atoms with van der Waals surface area (Å²) in [7, 11) is 2.14. The zero-order valence-corrected chi connectivity index (χ0v) is 15.8. The zero-order chi connectivity index (χ0) is 14.4. The number of rotatable bonds is 5. The van der Waals surface area contributed by atoms with Crippen molar-refractivity contribution in [1.29, 1.82) is 0 Å². The summed E-state index contributed by atoms with van der Waals surface area (Å²) in [4.78, 5) is 16.7. The summed E-state index contributed by atoms with van der Waals surface area (Å²) in [6.45, 7) is 6.49. The third-order valence-electron chi connectivity index (χ3n) is 3.76. The van der Waals surface area contributed by atoms with Gasteiger partial charge in [-0.3, -0.25) is 9.69 Å². The highest BCUT2D eigenvalue weighted by molar-refractivity contribution is 5.94. The molecule has 1 aromatic rings. The Labute approximate surface area is 157 Å². The van der Waals surface area contributed by atoms with Crippen molar-refractivity contribution < 1.29 is 4.79 Å². The number of likely N-dealkylation sites (N-methyl/N-ethyl adjacent to an activating group) is 1. The Morgan fingerprint density at radius 1 is 1.09 bits per heavy atom. The van der Waals surface area contributed by atoms with E-state index >= 15 is 0 Å². The molecule has 0 aromatic heterocycles. The smallest absolute Gasteiger partial charge is 0.251 e. The molecular weight excluding hydrogens is 359 g/mol. The number of benzene rings is 1. The first kappa shape index (κ1) is 24.7. The predicted octanol–water partition coefficient (Wildman–Crippen LogP) is 1.39. The monoisotopic (exact) mass is 384 g/mol. The summed E-state index contributed by atoms with van der Waals surface area (Å²) in [6, 6.07) is 7.45. The molecule has 1 saturated heterocycles. The Balaban J connectivity index is 0. The van der Waals surface area contributed by atoms with Crippen molar-refractivity contribution in [2.24, 2.45) is 5.73 Å². The third kappa shape index (κ3) is 8.20. The van der Waals surface area contributed by atoms with Gasteiger partial charge in [0, 0.05) is 51.4 Å². The molecule has 3 N–H and O–H groups in total. The van der Waals surface area contributed by atoms with Crippen molar-refractivity contribution in [3.8, 4) is 0 Å². The Bertz CT molecular complexity index is 437. The zero-order valence-electron chi connectivity index (χ0n) is 13.4. The topological polar surface area (TPSA) is 61.6 Å². The second-order valence-corrected chi connectivity index (χ2v) is 5.30. The average Bonchev–Trinajstić information content (AvgIpc) is 2.49. The molecule has 0 spiro atoms. The normalized spacial score (nSPS) is 14.9. The van der Waals surface area contributed by atoms with Gasteiger partial charge in [0.2, 0.25) is 0 Å². The second-order valence-electron chi connectivity index (χ2n) is 5.30. The molecule has 5 nitrogen and oxygen atoms in total. The van der Waals surface area contributed by atoms with Gasteiger partial charge in [0.25, 0.3) is 5.91 Å². The number of carbonyl (C=O) groups excluding carboxylic acids is 1. The first-order valence-corrected chi connectivity index (χ1v) is 7.17. The van der Waals surface area contributed by atoms with Gasteiger partial charge in [0.1, 0.15) is 0 Å². The predicted molar refractivity (Wildman–Crippen MR) is 102 cm³/mol. The van der Waals surface area contributed by atoms with E-state index in [-0.39, 0.29) is 43.1 Å². The van der Waals surface area contributed by atoms with Crippen LogP contribution in [0.4, 0.5) is 0 Å². The van der Waals surface area contributed by atoms with Gasteiger partial charge in [-0.05, 0) is 24.7 Å². The van der Waals surface area contributed by atoms with Crippen molar-refractivity contribution in [1.82, 2.24) is 15.1 Å². The molecule has 8 heteroatoms. The van der Waals surface area contributed by atoms with Crippen LogP contribution < -0.4 is 11.1 Å². The molecule has 0 atom stereocenters. The summed E-state index contributed by atoms with van der Waals surface area (Å²) < 4.78 is 0. The van der Waals surface area contributed by atoms with Gasteiger partial charge in [-0.15, -0.1) is 37.2 Å². The highest BCUT2D eigenvalue weighted by atomic mass is 35.5. The highest BCUT2D eigenvalue weighted by Gasteiger charge is 2.13. The number of nitrogens with zero attached hydrogens (tertiary/aromatic N) is 2. The number of carbonyl (C=O) groups is 1. The molecule has 23 heavy (non-hydrogen) atoms. The summed E-state index contributed by atoms with van der Waals surface area (Å²) in [5.41, 5.74) is 7.27. The van der Waals surface area contributed by atoms with Crippen LogP contribution in [0.5, 0.6) is 0 Å². The van der Waals surface area contributed by atoms with E-state index in [2.05, 4.69) is 22.2 Å². The van der Waals surface area contributed by atoms with Gasteiger partial charge < -0.3 is 16.0 Å². The molecule has 1 aromatic carbocycles. The minimum absolute atomic E-state index is 0. The van der Waals surface area contributed by atoms with Crippen molar-refractivity contribution in [2.45, 2.75) is 6.54 Å². The van der Waals surface area contributed by atoms with E-state index in [4.69, 9.17) is 5.73 Å². The number of piperazine rings is 1. The van der Waals surface area contributed by atoms with E-state index in [1.54, 1.807) is 0 Å². The van der Waals surface area contributed by atoms with E-state index in [0.717, 1.165) is 38.3 Å². The Morgan fingerprint density at radius 3 is 2.17 bits per heavy atom. The molecule has 134 valence electrons. The fraction of sp³-hybridized carbons (Fsp3) is 0.533. The summed E-state index contributed by atoms with van der Waals surface area (Å²) >= 11 is 0. The number of hydrogen-bond donors (Lipinski definition) is 2. The van der Waals surface area contributed by atoms with E-state index in [1.807, 2.05) is 24.3 Å². The van der Waals surface area contributed by atoms with E-state index in [1.165, 1.54) is 0 Å². The molecule has 0 aliphatic carbocycles. The van der Waals surface area contributed by atoms with Crippen LogP contribution in [0, 0.1) is 0 Å². The van der Waals surface area contributed by atoms with Gasteiger partial charge in [-0.2, -0.15) is 0 Å². The van der Waals surface area contributed by atoms with E-state index < -0.39 is 0 Å². The number of nitrogens with one attached hydrogen (secondary N) is 1. The molecule has 1 aliphatic rings. The van der Waals surface area contributed by atoms with Gasteiger partial charge in [0.05, 0.1) is 0 Å². The molecule has 2 rings (SSSR count). The lowest BCUT2D eigenvalue weighted by Gasteiger charge is -2.32. The highest BCUT2D eigenvalue weighted by Crippen LogP contribution is 2.03. The van der Waals surface area contributed by atoms with Crippen LogP contribution in [-0.2, 0) is 6.54 Å². The molecule has 0 radical (unpaired) electrons. The minimum atomic E-state index is -0.0114. The van der Waals surface area contributed by atoms with E-state index in [9.17, 15) is 4.79 Å². The maximum absolute atomic E-state index is 12.0. The molecule has 0 bridgehead atoms. The maximum Gasteiger partial charge on any atom is 0.251 e. The maximum atomic E-state index is 12.0. The minimum Gasteiger partial charge on any atom is -0.351 e. The second kappa shape index (κ2) is 12.8. The van der Waals surface area contributed by atoms with Gasteiger partial charge in [0.15, 0.2) is 0 Å². The molecule has 0 unspecified atom stereocenters. The standard InChI is InChI=1S/C15H24N4O.3ClH/c1-18-8-10-19(11-9-18)7-6-17-15(20)14-4-2-13(12-16)3-5-14;;;/h2-5H,6-12,16H2,1H3,(H,17,20);3*1H. The van der Waals surface area contributed by atoms with Crippen LogP contribution in [0.15, 0.2) is 24.3 Å². The quantitative estimate of drug-likeness (QED) is 0.804. The lowest BCUT2D eigenvalue weighted by Crippen LogP contribution is -2.46. The third-order valence-corrected chi connectivity index (χ3v) is 3.76. The number of halogens is 3. The van der Waals surface area contributed by atoms with Crippen LogP contribution >= 0.6 is 37.2 Å². The summed E-state index contributed by atoms with van der Waals surface area (Å²) in [5, 5.41) is 2.97. The molecular formula is C15H27Cl3N4O. The van der Waals surface area contributed by atoms with Crippen molar-refractivity contribution >= 4 is 43.1 Å². The van der Waals surface area contributed by atoms with Gasteiger partial charge in [-0.1, -0.05) is 12.1 Å². The average molecular weight is 386 g/mol. The Kier molecular flexibility index (Phi) is 13.8. The van der Waals surface area contributed by atoms with Gasteiger partial charge in [-0.25, -0.2) is 0 Å². The van der Waals surface area contributed by atoms with Crippen LogP contribution in [0.3, 0.4) is 0 Å². The van der Waals surface area contributed by atoms with E-state index in [0.29, 0.717) is 18.7 Å². The Morgan fingerprint density at radius 2 is 1.65 bits per heavy atom. The lowest BCUT2D eigenvalue weighted by molar-refractivity contribution is 0.0941. The molecule has 0 saturated carbocycles. The van der Waals surface area contributed by atoms with Gasteiger partial charge >= 0.3 is 0 Å². The van der Waals surface area contributed by atoms with Crippen molar-refractivity contribution in [3.05, 3.63) is 35.4 Å². The first-order chi connectivity index (χ1) is 9.69. The molecule has 1 aliphatic heterocycles. The van der Waals surface area contributed by atoms with Crippen LogP contribution in [-0.4, -0.2) is 62.0 Å². The van der Waals surface area contributed by atoms with Crippen molar-refractivity contribution in [3.63, 3.8) is 0 Å². The van der Waals surface area contributed by atoms with Crippen molar-refractivity contribution in [2.75, 3.05) is 46.3 Å². The van der Waals surface area contributed by atoms with Crippen LogP contribution in [0.1, 0.15) is 15.9 Å². The molecule has 1 fully saturated rings. The number of amides is 1. The molecule has 1 heterocycles. The fourth-order valence-electron chi connectivity index (χ4n) is 2.29. The first-order valence-electron chi connectivity index (χ1n) is 7.17. The number of nitrogens with two attached hydrogens (primary N) is 1. The molecule has 1 amide bonds. The summed E-state index contributed by atoms with van der Waals surface area (Å²) in [5.74, 6) is -0.0114. The fourth-order valence-corrected chi connectivity index (χ4v) is 2.29.